The number of rotatable bonds is 18. The van der Waals surface area contributed by atoms with Crippen molar-refractivity contribution < 1.29 is 23.9 Å². The predicted octanol–water partition coefficient (Wildman–Crippen LogP) is 3.14. The molecule has 0 aliphatic heterocycles. The molecule has 0 aliphatic rings. The highest BCUT2D eigenvalue weighted by atomic mass is 33.1. The van der Waals surface area contributed by atoms with Gasteiger partial charge in [0.2, 0.25) is 5.91 Å². The van der Waals surface area contributed by atoms with Gasteiger partial charge in [-0.05, 0) is 37.0 Å². The first-order chi connectivity index (χ1) is 15.6. The Morgan fingerprint density at radius 1 is 1.03 bits per heavy atom. The zero-order valence-electron chi connectivity index (χ0n) is 18.8. The van der Waals surface area contributed by atoms with Gasteiger partial charge < -0.3 is 20.1 Å². The standard InChI is InChI=1S/C22H34N2O5S3/c1-3-20(25)28-11-12-29-21(26)15-24-22(27)19(14-18-8-5-4-6-9-18)16-31-32-17-23-10-7-13-30-2/h4-6,8-9,19,23H,3,7,10-17H2,1-2H3,(H,24,27). The molecule has 0 bridgehead atoms. The summed E-state index contributed by atoms with van der Waals surface area (Å²) < 4.78 is 9.84. The largest absolute Gasteiger partial charge is 0.462 e. The highest BCUT2D eigenvalue weighted by Crippen LogP contribution is 2.25. The minimum atomic E-state index is -0.555. The minimum Gasteiger partial charge on any atom is -0.462 e. The van der Waals surface area contributed by atoms with Gasteiger partial charge in [-0.3, -0.25) is 14.4 Å². The fourth-order valence-electron chi connectivity index (χ4n) is 2.52. The van der Waals surface area contributed by atoms with Crippen LogP contribution in [0.25, 0.3) is 0 Å². The van der Waals surface area contributed by atoms with Gasteiger partial charge in [-0.2, -0.15) is 11.8 Å². The second-order valence-electron chi connectivity index (χ2n) is 6.79. The number of hydrogen-bond acceptors (Lipinski definition) is 9. The van der Waals surface area contributed by atoms with Crippen molar-refractivity contribution in [2.75, 3.05) is 49.9 Å². The maximum atomic E-state index is 12.7. The summed E-state index contributed by atoms with van der Waals surface area (Å²) in [6.07, 6.45) is 4.12. The van der Waals surface area contributed by atoms with Gasteiger partial charge in [0.15, 0.2) is 0 Å². The van der Waals surface area contributed by atoms with Crippen LogP contribution in [-0.4, -0.2) is 67.8 Å². The molecule has 10 heteroatoms. The number of carbonyl (C=O) groups is 3. The molecule has 1 rings (SSSR count). The molecule has 0 fully saturated rings. The molecular weight excluding hydrogens is 468 g/mol. The van der Waals surface area contributed by atoms with Crippen molar-refractivity contribution in [2.24, 2.45) is 5.92 Å². The Morgan fingerprint density at radius 2 is 1.75 bits per heavy atom. The van der Waals surface area contributed by atoms with Crippen LogP contribution in [-0.2, 0) is 30.3 Å². The summed E-state index contributed by atoms with van der Waals surface area (Å²) in [6.45, 7) is 2.46. The Labute approximate surface area is 203 Å². The normalized spacial score (nSPS) is 11.6. The van der Waals surface area contributed by atoms with Crippen molar-refractivity contribution in [3.05, 3.63) is 35.9 Å². The maximum Gasteiger partial charge on any atom is 0.325 e. The van der Waals surface area contributed by atoms with E-state index >= 15 is 0 Å². The summed E-state index contributed by atoms with van der Waals surface area (Å²) in [5.74, 6) is 1.28. The molecule has 0 spiro atoms. The molecule has 1 amide bonds. The van der Waals surface area contributed by atoms with Crippen LogP contribution in [0, 0.1) is 5.92 Å². The highest BCUT2D eigenvalue weighted by molar-refractivity contribution is 8.76. The fourth-order valence-corrected chi connectivity index (χ4v) is 5.08. The Bertz CT molecular complexity index is 664. The third kappa shape index (κ3) is 14.7. The van der Waals surface area contributed by atoms with Gasteiger partial charge in [-0.15, -0.1) is 0 Å². The van der Waals surface area contributed by atoms with Crippen LogP contribution >= 0.6 is 33.3 Å². The van der Waals surface area contributed by atoms with Crippen molar-refractivity contribution >= 4 is 51.2 Å². The van der Waals surface area contributed by atoms with E-state index in [1.807, 2.05) is 42.1 Å². The zero-order valence-corrected chi connectivity index (χ0v) is 21.3. The van der Waals surface area contributed by atoms with Crippen LogP contribution in [0.5, 0.6) is 0 Å². The smallest absolute Gasteiger partial charge is 0.325 e. The van der Waals surface area contributed by atoms with Crippen molar-refractivity contribution in [1.82, 2.24) is 10.6 Å². The number of carbonyl (C=O) groups excluding carboxylic acids is 3. The monoisotopic (exact) mass is 502 g/mol. The molecule has 0 heterocycles. The van der Waals surface area contributed by atoms with E-state index in [-0.39, 0.29) is 44.0 Å². The lowest BCUT2D eigenvalue weighted by Gasteiger charge is -2.16. The number of ether oxygens (including phenoxy) is 2. The van der Waals surface area contributed by atoms with Crippen molar-refractivity contribution in [1.29, 1.82) is 0 Å². The molecule has 32 heavy (non-hydrogen) atoms. The molecule has 2 N–H and O–H groups in total. The summed E-state index contributed by atoms with van der Waals surface area (Å²) in [5.41, 5.74) is 1.08. The van der Waals surface area contributed by atoms with Gasteiger partial charge in [-0.1, -0.05) is 58.8 Å². The van der Waals surface area contributed by atoms with Gasteiger partial charge >= 0.3 is 11.9 Å². The van der Waals surface area contributed by atoms with E-state index in [9.17, 15) is 14.4 Å². The maximum absolute atomic E-state index is 12.7. The molecule has 1 aromatic rings. The Hall–Kier alpha value is -1.36. The van der Waals surface area contributed by atoms with E-state index in [0.29, 0.717) is 12.2 Å². The van der Waals surface area contributed by atoms with Gasteiger partial charge in [0.1, 0.15) is 19.8 Å². The minimum absolute atomic E-state index is 0.0160. The van der Waals surface area contributed by atoms with E-state index in [1.54, 1.807) is 28.5 Å². The molecule has 7 nitrogen and oxygen atoms in total. The Balaban J connectivity index is 2.38. The van der Waals surface area contributed by atoms with Crippen molar-refractivity contribution in [3.63, 3.8) is 0 Å². The Morgan fingerprint density at radius 3 is 2.44 bits per heavy atom. The lowest BCUT2D eigenvalue weighted by molar-refractivity contribution is -0.151. The molecule has 0 saturated heterocycles. The predicted molar refractivity (Wildman–Crippen MR) is 135 cm³/mol. The molecule has 180 valence electrons. The van der Waals surface area contributed by atoms with E-state index in [1.165, 1.54) is 0 Å². The Kier molecular flexibility index (Phi) is 17.2. The van der Waals surface area contributed by atoms with E-state index < -0.39 is 5.97 Å². The van der Waals surface area contributed by atoms with Crippen molar-refractivity contribution in [3.8, 4) is 0 Å². The average molecular weight is 503 g/mol. The SMILES string of the molecule is CCC(=O)OCCOC(=O)CNC(=O)C(CSSCNCCCSC)Cc1ccccc1. The summed E-state index contributed by atoms with van der Waals surface area (Å²) in [6, 6.07) is 9.84. The molecule has 0 saturated carbocycles. The van der Waals surface area contributed by atoms with Crippen LogP contribution in [0.4, 0.5) is 0 Å². The van der Waals surface area contributed by atoms with Gasteiger partial charge in [0, 0.05) is 12.2 Å². The average Bonchev–Trinajstić information content (AvgIpc) is 2.81. The molecule has 0 aliphatic carbocycles. The summed E-state index contributed by atoms with van der Waals surface area (Å²) >= 11 is 1.84. The van der Waals surface area contributed by atoms with Gasteiger partial charge in [-0.25, -0.2) is 0 Å². The number of esters is 2. The van der Waals surface area contributed by atoms with Crippen LogP contribution < -0.4 is 10.6 Å². The third-order valence-corrected chi connectivity index (χ3v) is 7.20. The second-order valence-corrected chi connectivity index (χ2v) is 10.3. The number of benzene rings is 1. The van der Waals surface area contributed by atoms with Gasteiger partial charge in [0.05, 0.1) is 11.8 Å². The molecule has 0 aromatic heterocycles. The highest BCUT2D eigenvalue weighted by Gasteiger charge is 2.20. The number of thioether (sulfide) groups is 1. The lowest BCUT2D eigenvalue weighted by Crippen LogP contribution is -2.37. The molecule has 1 atom stereocenters. The number of nitrogens with one attached hydrogen (secondary N) is 2. The molecule has 1 unspecified atom stereocenters. The second kappa shape index (κ2) is 19.1. The molecule has 1 aromatic carbocycles. The van der Waals surface area contributed by atoms with Crippen LogP contribution in [0.2, 0.25) is 0 Å². The number of amides is 1. The van der Waals surface area contributed by atoms with Crippen molar-refractivity contribution in [2.45, 2.75) is 26.2 Å². The summed E-state index contributed by atoms with van der Waals surface area (Å²) in [7, 11) is 3.35. The first-order valence-corrected chi connectivity index (χ1v) is 14.5. The summed E-state index contributed by atoms with van der Waals surface area (Å²) in [5, 5.41) is 6.06. The topological polar surface area (TPSA) is 93.7 Å². The van der Waals surface area contributed by atoms with Crippen LogP contribution in [0.3, 0.4) is 0 Å². The summed E-state index contributed by atoms with van der Waals surface area (Å²) in [4.78, 5) is 35.6. The van der Waals surface area contributed by atoms with E-state index in [0.717, 1.165) is 30.2 Å². The fraction of sp³-hybridized carbons (Fsp3) is 0.591. The van der Waals surface area contributed by atoms with Crippen LogP contribution in [0.15, 0.2) is 30.3 Å². The van der Waals surface area contributed by atoms with E-state index in [2.05, 4.69) is 16.9 Å². The first kappa shape index (κ1) is 28.7. The first-order valence-electron chi connectivity index (χ1n) is 10.6. The third-order valence-electron chi connectivity index (χ3n) is 4.22. The van der Waals surface area contributed by atoms with E-state index in [4.69, 9.17) is 9.47 Å². The molecule has 0 radical (unpaired) electrons. The quantitative estimate of drug-likeness (QED) is 0.136. The van der Waals surface area contributed by atoms with Crippen LogP contribution in [0.1, 0.15) is 25.3 Å². The lowest BCUT2D eigenvalue weighted by atomic mass is 10.0. The number of hydrogen-bond donors (Lipinski definition) is 2. The molecular formula is C22H34N2O5S3. The van der Waals surface area contributed by atoms with Gasteiger partial charge in [0.25, 0.3) is 0 Å². The zero-order chi connectivity index (χ0) is 23.4.